The van der Waals surface area contributed by atoms with Gasteiger partial charge in [0.1, 0.15) is 0 Å². The van der Waals surface area contributed by atoms with Gasteiger partial charge in [0.2, 0.25) is 0 Å². The minimum atomic E-state index is 0.793. The zero-order chi connectivity index (χ0) is 15.8. The molecule has 118 valence electrons. The van der Waals surface area contributed by atoms with Gasteiger partial charge in [-0.15, -0.1) is 0 Å². The Bertz CT molecular complexity index is 843. The molecule has 23 heavy (non-hydrogen) atoms. The lowest BCUT2D eigenvalue weighted by Gasteiger charge is -2.36. The number of thiazole rings is 1. The summed E-state index contributed by atoms with van der Waals surface area (Å²) in [5, 5.41) is 1.91. The highest BCUT2D eigenvalue weighted by atomic mass is 79.9. The fourth-order valence-corrected chi connectivity index (χ4v) is 4.60. The molecule has 0 unspecified atom stereocenters. The molecule has 1 fully saturated rings. The van der Waals surface area contributed by atoms with Gasteiger partial charge in [0.05, 0.1) is 10.2 Å². The van der Waals surface area contributed by atoms with E-state index in [1.807, 2.05) is 24.3 Å². The van der Waals surface area contributed by atoms with E-state index in [1.54, 1.807) is 11.3 Å². The van der Waals surface area contributed by atoms with Crippen LogP contribution in [0.25, 0.3) is 10.2 Å². The molecule has 0 aliphatic carbocycles. The molecule has 1 aliphatic rings. The standard InChI is InChI=1S/C17H15BrClN3S/c18-12-4-5-15-16(10-12)23-17(20-15)22-8-6-21(7-9-22)14-3-1-2-13(19)11-14/h1-5,10-11H,6-9H2. The Balaban J connectivity index is 1.50. The van der Waals surface area contributed by atoms with Crippen molar-refractivity contribution >= 4 is 59.9 Å². The Kier molecular flexibility index (Phi) is 4.18. The number of hydrogen-bond donors (Lipinski definition) is 0. The zero-order valence-corrected chi connectivity index (χ0v) is 15.5. The second-order valence-corrected chi connectivity index (χ2v) is 7.92. The number of halogens is 2. The summed E-state index contributed by atoms with van der Waals surface area (Å²) in [5.41, 5.74) is 2.27. The monoisotopic (exact) mass is 407 g/mol. The molecule has 0 spiro atoms. The number of anilines is 2. The Morgan fingerprint density at radius 3 is 2.57 bits per heavy atom. The third-order valence-corrected chi connectivity index (χ3v) is 5.87. The Morgan fingerprint density at radius 1 is 1.00 bits per heavy atom. The smallest absolute Gasteiger partial charge is 0.186 e. The lowest BCUT2D eigenvalue weighted by molar-refractivity contribution is 0.652. The second-order valence-electron chi connectivity index (χ2n) is 5.56. The molecule has 0 atom stereocenters. The average Bonchev–Trinajstić information content (AvgIpc) is 2.98. The van der Waals surface area contributed by atoms with E-state index in [0.717, 1.165) is 46.3 Å². The fraction of sp³-hybridized carbons (Fsp3) is 0.235. The van der Waals surface area contributed by atoms with Crippen molar-refractivity contribution in [3.05, 3.63) is 52.0 Å². The van der Waals surface area contributed by atoms with E-state index in [1.165, 1.54) is 10.4 Å². The summed E-state index contributed by atoms with van der Waals surface area (Å²) < 4.78 is 2.33. The number of nitrogens with zero attached hydrogens (tertiary/aromatic N) is 3. The third-order valence-electron chi connectivity index (χ3n) is 4.06. The predicted octanol–water partition coefficient (Wildman–Crippen LogP) is 5.04. The molecule has 3 aromatic rings. The summed E-state index contributed by atoms with van der Waals surface area (Å²) in [4.78, 5) is 9.53. The van der Waals surface area contributed by atoms with Crippen LogP contribution in [0.5, 0.6) is 0 Å². The van der Waals surface area contributed by atoms with Gasteiger partial charge in [0, 0.05) is 41.4 Å². The highest BCUT2D eigenvalue weighted by molar-refractivity contribution is 9.10. The van der Waals surface area contributed by atoms with Crippen molar-refractivity contribution in [2.45, 2.75) is 0 Å². The van der Waals surface area contributed by atoms with Crippen molar-refractivity contribution in [1.82, 2.24) is 4.98 Å². The Morgan fingerprint density at radius 2 is 1.78 bits per heavy atom. The van der Waals surface area contributed by atoms with Crippen LogP contribution in [0.1, 0.15) is 0 Å². The van der Waals surface area contributed by atoms with Gasteiger partial charge in [-0.2, -0.15) is 0 Å². The fourth-order valence-electron chi connectivity index (χ4n) is 2.85. The molecule has 6 heteroatoms. The third kappa shape index (κ3) is 3.18. The summed E-state index contributed by atoms with van der Waals surface area (Å²) in [6.07, 6.45) is 0. The largest absolute Gasteiger partial charge is 0.368 e. The van der Waals surface area contributed by atoms with Crippen LogP contribution in [-0.2, 0) is 0 Å². The molecule has 0 amide bonds. The van der Waals surface area contributed by atoms with Crippen molar-refractivity contribution < 1.29 is 0 Å². The Labute approximate surface area is 152 Å². The number of hydrogen-bond acceptors (Lipinski definition) is 4. The Hall–Kier alpha value is -1.30. The van der Waals surface area contributed by atoms with E-state index in [4.69, 9.17) is 16.6 Å². The van der Waals surface area contributed by atoms with Crippen LogP contribution in [0, 0.1) is 0 Å². The molecule has 0 bridgehead atoms. The molecule has 4 rings (SSSR count). The normalized spacial score (nSPS) is 15.4. The van der Waals surface area contributed by atoms with Crippen LogP contribution in [0.3, 0.4) is 0 Å². The maximum absolute atomic E-state index is 6.10. The van der Waals surface area contributed by atoms with Crippen LogP contribution in [-0.4, -0.2) is 31.2 Å². The van der Waals surface area contributed by atoms with Crippen molar-refractivity contribution in [1.29, 1.82) is 0 Å². The molecular weight excluding hydrogens is 394 g/mol. The van der Waals surface area contributed by atoms with Gasteiger partial charge in [-0.1, -0.05) is 44.9 Å². The maximum atomic E-state index is 6.10. The molecule has 1 aliphatic heterocycles. The number of benzene rings is 2. The van der Waals surface area contributed by atoms with E-state index in [2.05, 4.69) is 43.9 Å². The van der Waals surface area contributed by atoms with Gasteiger partial charge in [0.15, 0.2) is 5.13 Å². The molecule has 3 nitrogen and oxygen atoms in total. The zero-order valence-electron chi connectivity index (χ0n) is 12.4. The van der Waals surface area contributed by atoms with Gasteiger partial charge >= 0.3 is 0 Å². The summed E-state index contributed by atoms with van der Waals surface area (Å²) >= 11 is 11.4. The van der Waals surface area contributed by atoms with Crippen LogP contribution < -0.4 is 9.80 Å². The van der Waals surface area contributed by atoms with Crippen LogP contribution in [0.15, 0.2) is 46.9 Å². The van der Waals surface area contributed by atoms with Gasteiger partial charge in [-0.3, -0.25) is 0 Å². The first kappa shape index (κ1) is 15.2. The summed E-state index contributed by atoms with van der Waals surface area (Å²) in [6, 6.07) is 14.3. The van der Waals surface area contributed by atoms with Crippen molar-refractivity contribution in [3.8, 4) is 0 Å². The number of rotatable bonds is 2. The molecule has 0 saturated carbocycles. The molecule has 0 radical (unpaired) electrons. The van der Waals surface area contributed by atoms with E-state index in [-0.39, 0.29) is 0 Å². The molecule has 1 aromatic heterocycles. The lowest BCUT2D eigenvalue weighted by atomic mass is 10.2. The second kappa shape index (κ2) is 6.30. The molecule has 2 aromatic carbocycles. The van der Waals surface area contributed by atoms with E-state index >= 15 is 0 Å². The lowest BCUT2D eigenvalue weighted by Crippen LogP contribution is -2.46. The van der Waals surface area contributed by atoms with E-state index in [9.17, 15) is 0 Å². The highest BCUT2D eigenvalue weighted by Gasteiger charge is 2.20. The number of fused-ring (bicyclic) bond motifs is 1. The number of piperazine rings is 1. The van der Waals surface area contributed by atoms with Crippen molar-refractivity contribution in [2.24, 2.45) is 0 Å². The minimum Gasteiger partial charge on any atom is -0.368 e. The van der Waals surface area contributed by atoms with Crippen molar-refractivity contribution in [3.63, 3.8) is 0 Å². The summed E-state index contributed by atoms with van der Waals surface area (Å²) in [7, 11) is 0. The molecule has 0 N–H and O–H groups in total. The first-order valence-corrected chi connectivity index (χ1v) is 9.49. The number of aromatic nitrogens is 1. The van der Waals surface area contributed by atoms with Crippen molar-refractivity contribution in [2.75, 3.05) is 36.0 Å². The van der Waals surface area contributed by atoms with Gasteiger partial charge in [0.25, 0.3) is 0 Å². The van der Waals surface area contributed by atoms with Gasteiger partial charge in [-0.25, -0.2) is 4.98 Å². The first-order valence-electron chi connectivity index (χ1n) is 7.50. The highest BCUT2D eigenvalue weighted by Crippen LogP contribution is 2.31. The van der Waals surface area contributed by atoms with E-state index < -0.39 is 0 Å². The molecular formula is C17H15BrClN3S. The van der Waals surface area contributed by atoms with Crippen LogP contribution in [0.4, 0.5) is 10.8 Å². The first-order chi connectivity index (χ1) is 11.2. The SMILES string of the molecule is Clc1cccc(N2CCN(c3nc4ccc(Br)cc4s3)CC2)c1. The van der Waals surface area contributed by atoms with E-state index in [0.29, 0.717) is 0 Å². The summed E-state index contributed by atoms with van der Waals surface area (Å²) in [5.74, 6) is 0. The quantitative estimate of drug-likeness (QED) is 0.592. The average molecular weight is 409 g/mol. The molecule has 1 saturated heterocycles. The van der Waals surface area contributed by atoms with Crippen LogP contribution >= 0.6 is 38.9 Å². The summed E-state index contributed by atoms with van der Waals surface area (Å²) in [6.45, 7) is 3.93. The van der Waals surface area contributed by atoms with Crippen LogP contribution in [0.2, 0.25) is 5.02 Å². The minimum absolute atomic E-state index is 0.793. The predicted molar refractivity (Wildman–Crippen MR) is 103 cm³/mol. The topological polar surface area (TPSA) is 19.4 Å². The maximum Gasteiger partial charge on any atom is 0.186 e. The van der Waals surface area contributed by atoms with Gasteiger partial charge in [-0.05, 0) is 36.4 Å². The molecule has 2 heterocycles. The van der Waals surface area contributed by atoms with Gasteiger partial charge < -0.3 is 9.80 Å².